The quantitative estimate of drug-likeness (QED) is 0.669. The van der Waals surface area contributed by atoms with Crippen molar-refractivity contribution in [3.8, 4) is 11.5 Å². The van der Waals surface area contributed by atoms with Crippen molar-refractivity contribution in [1.29, 1.82) is 0 Å². The molecule has 2 aliphatic rings. The Morgan fingerprint density at radius 3 is 2.54 bits per heavy atom. The highest BCUT2D eigenvalue weighted by Crippen LogP contribution is 2.42. The van der Waals surface area contributed by atoms with Gasteiger partial charge in [0.2, 0.25) is 5.79 Å². The van der Waals surface area contributed by atoms with Gasteiger partial charge in [0, 0.05) is 13.8 Å². The number of cyclic esters (lactones) is 1. The Morgan fingerprint density at radius 1 is 1.27 bits per heavy atom. The Hall–Kier alpha value is -1.96. The average Bonchev–Trinajstić information content (AvgIpc) is 2.41. The Kier molecular flexibility index (Phi) is 4.58. The van der Waals surface area contributed by atoms with Crippen LogP contribution in [0.2, 0.25) is 0 Å². The van der Waals surface area contributed by atoms with Crippen molar-refractivity contribution in [2.24, 2.45) is 0 Å². The molecule has 0 N–H and O–H groups in total. The summed E-state index contributed by atoms with van der Waals surface area (Å²) < 4.78 is 22.9. The predicted molar refractivity (Wildman–Crippen MR) is 96.5 cm³/mol. The van der Waals surface area contributed by atoms with Gasteiger partial charge in [-0.2, -0.15) is 0 Å². The minimum absolute atomic E-state index is 0.226. The second-order valence-electron chi connectivity index (χ2n) is 7.77. The topological polar surface area (TPSA) is 74.3 Å². The average molecular weight is 428 g/mol. The van der Waals surface area contributed by atoms with Crippen LogP contribution < -0.4 is 9.47 Å². The number of carbonyl (C=O) groups is 2. The summed E-state index contributed by atoms with van der Waals surface area (Å²) in [5, 5.41) is 0. The van der Waals surface area contributed by atoms with Crippen LogP contribution in [0.5, 0.6) is 11.5 Å². The normalized spacial score (nSPS) is 19.0. The van der Waals surface area contributed by atoms with Gasteiger partial charge < -0.3 is 23.8 Å². The van der Waals surface area contributed by atoms with E-state index in [9.17, 15) is 9.59 Å². The first-order chi connectivity index (χ1) is 12.0. The molecule has 26 heavy (non-hydrogen) atoms. The molecule has 1 aromatic rings. The highest BCUT2D eigenvalue weighted by atomic mass is 79.9. The summed E-state index contributed by atoms with van der Waals surface area (Å²) >= 11 is 3.39. The summed E-state index contributed by atoms with van der Waals surface area (Å²) in [6, 6.07) is 3.44. The fraction of sp³-hybridized carbons (Fsp3) is 0.556. The molecule has 0 aliphatic carbocycles. The number of fused-ring (bicyclic) bond motifs is 1. The number of benzene rings is 1. The van der Waals surface area contributed by atoms with Crippen LogP contribution in [0.1, 0.15) is 45.0 Å². The van der Waals surface area contributed by atoms with Crippen LogP contribution in [0, 0.1) is 0 Å². The monoisotopic (exact) mass is 427 g/mol. The van der Waals surface area contributed by atoms with Crippen LogP contribution >= 0.6 is 15.9 Å². The lowest BCUT2D eigenvalue weighted by atomic mass is 10.1. The molecule has 1 saturated heterocycles. The zero-order chi connectivity index (χ0) is 19.3. The lowest BCUT2D eigenvalue weighted by Gasteiger charge is -2.40. The van der Waals surface area contributed by atoms with Gasteiger partial charge in [-0.25, -0.2) is 9.59 Å². The summed E-state index contributed by atoms with van der Waals surface area (Å²) in [7, 11) is 0. The van der Waals surface area contributed by atoms with E-state index in [1.54, 1.807) is 30.9 Å². The number of likely N-dealkylation sites (tertiary alicyclic amines) is 1. The number of halogens is 1. The minimum atomic E-state index is -1.05. The van der Waals surface area contributed by atoms with Crippen molar-refractivity contribution >= 4 is 28.0 Å². The number of hydrogen-bond donors (Lipinski definition) is 0. The highest BCUT2D eigenvalue weighted by molar-refractivity contribution is 9.10. The zero-order valence-corrected chi connectivity index (χ0v) is 17.0. The van der Waals surface area contributed by atoms with Crippen molar-refractivity contribution in [1.82, 2.24) is 4.90 Å². The summed E-state index contributed by atoms with van der Waals surface area (Å²) in [4.78, 5) is 25.9. The molecule has 3 rings (SSSR count). The van der Waals surface area contributed by atoms with E-state index in [0.29, 0.717) is 29.1 Å². The van der Waals surface area contributed by atoms with Crippen molar-refractivity contribution in [3.05, 3.63) is 22.2 Å². The van der Waals surface area contributed by atoms with E-state index < -0.39 is 17.4 Å². The van der Waals surface area contributed by atoms with E-state index in [-0.39, 0.29) is 17.8 Å². The third-order valence-electron chi connectivity index (χ3n) is 3.76. The van der Waals surface area contributed by atoms with Gasteiger partial charge >= 0.3 is 12.1 Å². The van der Waals surface area contributed by atoms with Crippen molar-refractivity contribution < 1.29 is 28.5 Å². The minimum Gasteiger partial charge on any atom is -0.486 e. The van der Waals surface area contributed by atoms with Gasteiger partial charge in [0.05, 0.1) is 17.6 Å². The number of hydrogen-bond acceptors (Lipinski definition) is 6. The molecule has 0 radical (unpaired) electrons. The molecule has 1 fully saturated rings. The standard InChI is InChI=1S/C18H22BrNO6/c1-17(2,3)26-16(22)20-8-10(9-20)23-12-7-6-11(19)14-13(12)15(21)25-18(4,5)24-14/h6-7,10H,8-9H2,1-5H3. The second-order valence-corrected chi connectivity index (χ2v) is 8.62. The first-order valence-corrected chi connectivity index (χ1v) is 9.14. The molecule has 142 valence electrons. The Bertz CT molecular complexity index is 749. The third kappa shape index (κ3) is 3.90. The summed E-state index contributed by atoms with van der Waals surface area (Å²) in [5.41, 5.74) is -0.295. The fourth-order valence-electron chi connectivity index (χ4n) is 2.64. The van der Waals surface area contributed by atoms with E-state index in [0.717, 1.165) is 0 Å². The van der Waals surface area contributed by atoms with E-state index in [1.807, 2.05) is 20.8 Å². The first kappa shape index (κ1) is 18.8. The maximum absolute atomic E-state index is 12.4. The molecule has 8 heteroatoms. The molecule has 0 atom stereocenters. The molecule has 0 spiro atoms. The summed E-state index contributed by atoms with van der Waals surface area (Å²) in [5.74, 6) is -0.782. The number of esters is 1. The number of carbonyl (C=O) groups excluding carboxylic acids is 2. The van der Waals surface area contributed by atoms with E-state index >= 15 is 0 Å². The lowest BCUT2D eigenvalue weighted by Crippen LogP contribution is -2.57. The summed E-state index contributed by atoms with van der Waals surface area (Å²) in [6.07, 6.45) is -0.602. The molecule has 0 bridgehead atoms. The SMILES string of the molecule is CC(C)(C)OC(=O)N1CC(Oc2ccc(Br)c3c2C(=O)OC(C)(C)O3)C1. The van der Waals surface area contributed by atoms with Gasteiger partial charge in [-0.1, -0.05) is 0 Å². The van der Waals surface area contributed by atoms with E-state index in [1.165, 1.54) is 0 Å². The van der Waals surface area contributed by atoms with Crippen LogP contribution in [0.3, 0.4) is 0 Å². The molecule has 0 saturated carbocycles. The number of ether oxygens (including phenoxy) is 4. The van der Waals surface area contributed by atoms with Crippen LogP contribution in [0.15, 0.2) is 16.6 Å². The Balaban J connectivity index is 1.70. The van der Waals surface area contributed by atoms with E-state index in [2.05, 4.69) is 15.9 Å². The number of rotatable bonds is 2. The number of nitrogens with zero attached hydrogens (tertiary/aromatic N) is 1. The van der Waals surface area contributed by atoms with Crippen LogP contribution in [-0.4, -0.2) is 47.5 Å². The van der Waals surface area contributed by atoms with Gasteiger partial charge in [-0.15, -0.1) is 0 Å². The molecule has 0 aromatic heterocycles. The smallest absolute Gasteiger partial charge is 0.410 e. The molecule has 1 amide bonds. The van der Waals surface area contributed by atoms with Crippen molar-refractivity contribution in [2.75, 3.05) is 13.1 Å². The zero-order valence-electron chi connectivity index (χ0n) is 15.4. The molecule has 1 aromatic carbocycles. The van der Waals surface area contributed by atoms with Crippen LogP contribution in [0.4, 0.5) is 4.79 Å². The maximum atomic E-state index is 12.4. The van der Waals surface area contributed by atoms with Gasteiger partial charge in [0.15, 0.2) is 5.75 Å². The van der Waals surface area contributed by atoms with Crippen LogP contribution in [-0.2, 0) is 9.47 Å². The van der Waals surface area contributed by atoms with Crippen LogP contribution in [0.25, 0.3) is 0 Å². The van der Waals surface area contributed by atoms with Gasteiger partial charge in [-0.3, -0.25) is 0 Å². The maximum Gasteiger partial charge on any atom is 0.410 e. The third-order valence-corrected chi connectivity index (χ3v) is 4.38. The van der Waals surface area contributed by atoms with Gasteiger partial charge in [-0.05, 0) is 48.8 Å². The molecule has 7 nitrogen and oxygen atoms in total. The van der Waals surface area contributed by atoms with Gasteiger partial charge in [0.1, 0.15) is 23.0 Å². The lowest BCUT2D eigenvalue weighted by molar-refractivity contribution is -0.128. The van der Waals surface area contributed by atoms with Crippen molar-refractivity contribution in [2.45, 2.75) is 52.1 Å². The van der Waals surface area contributed by atoms with Crippen molar-refractivity contribution in [3.63, 3.8) is 0 Å². The molecule has 2 aliphatic heterocycles. The largest absolute Gasteiger partial charge is 0.486 e. The number of amides is 1. The van der Waals surface area contributed by atoms with E-state index in [4.69, 9.17) is 18.9 Å². The second kappa shape index (κ2) is 6.33. The summed E-state index contributed by atoms with van der Waals surface area (Å²) in [6.45, 7) is 9.57. The highest BCUT2D eigenvalue weighted by Gasteiger charge is 2.40. The Labute approximate surface area is 160 Å². The fourth-order valence-corrected chi connectivity index (χ4v) is 3.05. The Morgan fingerprint density at radius 2 is 1.92 bits per heavy atom. The molecular formula is C18H22BrNO6. The molecule has 0 unspecified atom stereocenters. The molecule has 2 heterocycles. The van der Waals surface area contributed by atoms with Gasteiger partial charge in [0.25, 0.3) is 0 Å². The molecular weight excluding hydrogens is 406 g/mol. The predicted octanol–water partition coefficient (Wildman–Crippen LogP) is 3.73. The first-order valence-electron chi connectivity index (χ1n) is 8.35.